The van der Waals surface area contributed by atoms with Crippen molar-refractivity contribution >= 4 is 45.5 Å². The van der Waals surface area contributed by atoms with Gasteiger partial charge in [-0.25, -0.2) is 4.79 Å². The number of benzene rings is 2. The lowest BCUT2D eigenvalue weighted by Gasteiger charge is -2.10. The summed E-state index contributed by atoms with van der Waals surface area (Å²) in [6, 6.07) is 13.1. The van der Waals surface area contributed by atoms with Gasteiger partial charge < -0.3 is 10.5 Å². The molecule has 2 aromatic carbocycles. The van der Waals surface area contributed by atoms with Crippen molar-refractivity contribution in [1.82, 2.24) is 5.32 Å². The first-order chi connectivity index (χ1) is 12.4. The topological polar surface area (TPSA) is 105 Å². The van der Waals surface area contributed by atoms with Crippen molar-refractivity contribution in [2.24, 2.45) is 5.73 Å². The molecule has 0 fully saturated rings. The fourth-order valence-electron chi connectivity index (χ4n) is 1.99. The number of nitriles is 1. The van der Waals surface area contributed by atoms with E-state index in [1.807, 2.05) is 23.5 Å². The monoisotopic (exact) mass is 433 g/mol. The summed E-state index contributed by atoms with van der Waals surface area (Å²) in [4.78, 5) is 22.4. The molecule has 2 aromatic rings. The highest BCUT2D eigenvalue weighted by molar-refractivity contribution is 9.10. The molecule has 0 aromatic heterocycles. The number of nitrogens with two attached hydrogens (primary N) is 1. The van der Waals surface area contributed by atoms with E-state index in [9.17, 15) is 9.59 Å². The van der Waals surface area contributed by atoms with Gasteiger partial charge in [-0.3, -0.25) is 10.1 Å². The molecule has 0 unspecified atom stereocenters. The van der Waals surface area contributed by atoms with Gasteiger partial charge in [0, 0.05) is 10.6 Å². The van der Waals surface area contributed by atoms with Gasteiger partial charge in [-0.15, -0.1) is 0 Å². The number of carbonyl (C=O) groups is 2. The van der Waals surface area contributed by atoms with E-state index in [4.69, 9.17) is 27.3 Å². The predicted molar refractivity (Wildman–Crippen MR) is 101 cm³/mol. The third-order valence-electron chi connectivity index (χ3n) is 3.21. The van der Waals surface area contributed by atoms with Gasteiger partial charge in [-0.2, -0.15) is 5.26 Å². The van der Waals surface area contributed by atoms with Gasteiger partial charge in [0.1, 0.15) is 24.0 Å². The maximum Gasteiger partial charge on any atom is 0.319 e. The van der Waals surface area contributed by atoms with Crippen LogP contribution in [0, 0.1) is 11.3 Å². The van der Waals surface area contributed by atoms with Crippen molar-refractivity contribution in [2.75, 3.05) is 0 Å². The molecule has 6 nitrogen and oxygen atoms in total. The zero-order chi connectivity index (χ0) is 19.1. The van der Waals surface area contributed by atoms with E-state index in [0.717, 1.165) is 5.56 Å². The van der Waals surface area contributed by atoms with Crippen molar-refractivity contribution in [3.05, 3.63) is 68.7 Å². The largest absolute Gasteiger partial charge is 0.488 e. The number of primary amides is 1. The quantitative estimate of drug-likeness (QED) is 0.552. The molecule has 2 rings (SSSR count). The highest BCUT2D eigenvalue weighted by Gasteiger charge is 2.11. The highest BCUT2D eigenvalue weighted by atomic mass is 79.9. The average molecular weight is 435 g/mol. The number of halogens is 2. The zero-order valence-electron chi connectivity index (χ0n) is 13.3. The summed E-state index contributed by atoms with van der Waals surface area (Å²) < 4.78 is 6.36. The summed E-state index contributed by atoms with van der Waals surface area (Å²) in [6.45, 7) is 0.290. The van der Waals surface area contributed by atoms with E-state index in [1.165, 1.54) is 6.08 Å². The molecule has 0 aliphatic rings. The molecule has 0 radical (unpaired) electrons. The first-order valence-electron chi connectivity index (χ1n) is 7.29. The molecule has 0 saturated carbocycles. The Kier molecular flexibility index (Phi) is 6.78. The van der Waals surface area contributed by atoms with Crippen molar-refractivity contribution in [3.63, 3.8) is 0 Å². The Bertz CT molecular complexity index is 922. The SMILES string of the molecule is N#C/C(=C/c1ccc(OCc2ccccc2Cl)c(Br)c1)C(=O)NC(N)=O. The number of amides is 3. The molecule has 132 valence electrons. The molecule has 0 atom stereocenters. The standard InChI is InChI=1S/C18H13BrClN3O3/c19-14-8-11(7-13(9-21)17(24)23-18(22)25)5-6-16(14)26-10-12-3-1-2-4-15(12)20/h1-8H,10H2,(H3,22,23,24,25)/b13-7-. The summed E-state index contributed by atoms with van der Waals surface area (Å²) >= 11 is 9.48. The van der Waals surface area contributed by atoms with Gasteiger partial charge in [0.2, 0.25) is 0 Å². The van der Waals surface area contributed by atoms with E-state index in [0.29, 0.717) is 20.8 Å². The molecule has 26 heavy (non-hydrogen) atoms. The van der Waals surface area contributed by atoms with Crippen LogP contribution in [0.2, 0.25) is 5.02 Å². The minimum atomic E-state index is -1.03. The Morgan fingerprint density at radius 1 is 1.31 bits per heavy atom. The minimum absolute atomic E-state index is 0.250. The molecular weight excluding hydrogens is 422 g/mol. The molecule has 0 aliphatic heterocycles. The number of imide groups is 1. The maximum atomic E-state index is 11.7. The summed E-state index contributed by atoms with van der Waals surface area (Å²) in [5.41, 5.74) is 6.04. The molecule has 0 bridgehead atoms. The third-order valence-corrected chi connectivity index (χ3v) is 4.20. The van der Waals surface area contributed by atoms with E-state index < -0.39 is 11.9 Å². The molecule has 3 N–H and O–H groups in total. The van der Waals surface area contributed by atoms with Crippen LogP contribution in [0.25, 0.3) is 6.08 Å². The lowest BCUT2D eigenvalue weighted by Crippen LogP contribution is -2.35. The molecule has 0 spiro atoms. The second-order valence-electron chi connectivity index (χ2n) is 5.06. The van der Waals surface area contributed by atoms with E-state index in [2.05, 4.69) is 15.9 Å². The Hall–Kier alpha value is -2.82. The van der Waals surface area contributed by atoms with Crippen molar-refractivity contribution < 1.29 is 14.3 Å². The number of urea groups is 1. The number of rotatable bonds is 5. The number of hydrogen-bond donors (Lipinski definition) is 2. The molecule has 0 heterocycles. The summed E-state index contributed by atoms with van der Waals surface area (Å²) in [5.74, 6) is -0.294. The van der Waals surface area contributed by atoms with Crippen LogP contribution in [0.5, 0.6) is 5.75 Å². The van der Waals surface area contributed by atoms with E-state index >= 15 is 0 Å². The fraction of sp³-hybridized carbons (Fsp3) is 0.0556. The van der Waals surface area contributed by atoms with Crippen molar-refractivity contribution in [2.45, 2.75) is 6.61 Å². The van der Waals surface area contributed by atoms with Gasteiger partial charge in [-0.05, 0) is 45.8 Å². The Morgan fingerprint density at radius 3 is 2.65 bits per heavy atom. The van der Waals surface area contributed by atoms with Crippen LogP contribution in [0.4, 0.5) is 4.79 Å². The van der Waals surface area contributed by atoms with Crippen molar-refractivity contribution in [1.29, 1.82) is 5.26 Å². The Balaban J connectivity index is 2.15. The number of hydrogen-bond acceptors (Lipinski definition) is 4. The molecule has 0 saturated heterocycles. The van der Waals surface area contributed by atoms with Gasteiger partial charge in [0.05, 0.1) is 4.47 Å². The zero-order valence-corrected chi connectivity index (χ0v) is 15.7. The lowest BCUT2D eigenvalue weighted by molar-refractivity contribution is -0.115. The number of nitrogens with zero attached hydrogens (tertiary/aromatic N) is 1. The van der Waals surface area contributed by atoms with Crippen LogP contribution in [-0.4, -0.2) is 11.9 Å². The summed E-state index contributed by atoms with van der Waals surface area (Å²) in [7, 11) is 0. The Morgan fingerprint density at radius 2 is 2.04 bits per heavy atom. The van der Waals surface area contributed by atoms with Crippen molar-refractivity contribution in [3.8, 4) is 11.8 Å². The number of carbonyl (C=O) groups excluding carboxylic acids is 2. The fourth-order valence-corrected chi connectivity index (χ4v) is 2.69. The smallest absolute Gasteiger partial charge is 0.319 e. The second-order valence-corrected chi connectivity index (χ2v) is 6.32. The van der Waals surface area contributed by atoms with Crippen LogP contribution >= 0.6 is 27.5 Å². The van der Waals surface area contributed by atoms with Crippen LogP contribution < -0.4 is 15.8 Å². The maximum absolute atomic E-state index is 11.7. The summed E-state index contributed by atoms with van der Waals surface area (Å²) in [6.07, 6.45) is 1.33. The number of nitrogens with one attached hydrogen (secondary N) is 1. The van der Waals surface area contributed by atoms with Gasteiger partial charge in [-0.1, -0.05) is 35.9 Å². The highest BCUT2D eigenvalue weighted by Crippen LogP contribution is 2.28. The van der Waals surface area contributed by atoms with E-state index in [-0.39, 0.29) is 12.2 Å². The normalized spacial score (nSPS) is 10.7. The van der Waals surface area contributed by atoms with Crippen LogP contribution in [0.1, 0.15) is 11.1 Å². The molecule has 8 heteroatoms. The van der Waals surface area contributed by atoms with Crippen LogP contribution in [0.15, 0.2) is 52.5 Å². The van der Waals surface area contributed by atoms with E-state index in [1.54, 1.807) is 30.3 Å². The van der Waals surface area contributed by atoms with Crippen LogP contribution in [0.3, 0.4) is 0 Å². The second kappa shape index (κ2) is 9.04. The predicted octanol–water partition coefficient (Wildman–Crippen LogP) is 3.78. The van der Waals surface area contributed by atoms with Gasteiger partial charge in [0.15, 0.2) is 0 Å². The van der Waals surface area contributed by atoms with Crippen LogP contribution in [-0.2, 0) is 11.4 Å². The third kappa shape index (κ3) is 5.34. The lowest BCUT2D eigenvalue weighted by atomic mass is 10.1. The summed E-state index contributed by atoms with van der Waals surface area (Å²) in [5, 5.41) is 11.5. The Labute approximate surface area is 163 Å². The van der Waals surface area contributed by atoms with Gasteiger partial charge in [0.25, 0.3) is 5.91 Å². The number of ether oxygens (including phenoxy) is 1. The first-order valence-corrected chi connectivity index (χ1v) is 8.46. The first kappa shape index (κ1) is 19.5. The molecule has 0 aliphatic carbocycles. The van der Waals surface area contributed by atoms with Gasteiger partial charge >= 0.3 is 6.03 Å². The average Bonchev–Trinajstić information content (AvgIpc) is 2.59. The minimum Gasteiger partial charge on any atom is -0.488 e. The molecule has 3 amide bonds. The molecular formula is C18H13BrClN3O3.